The summed E-state index contributed by atoms with van der Waals surface area (Å²) in [7, 11) is 0. The number of aromatic nitrogens is 2. The van der Waals surface area contributed by atoms with Crippen LogP contribution in [0.5, 0.6) is 0 Å². The van der Waals surface area contributed by atoms with Crippen LogP contribution in [0.15, 0.2) is 24.3 Å². The van der Waals surface area contributed by atoms with Gasteiger partial charge in [-0.2, -0.15) is 18.3 Å². The average molecular weight is 474 g/mol. The summed E-state index contributed by atoms with van der Waals surface area (Å²) < 4.78 is 38.8. The Kier molecular flexibility index (Phi) is 7.73. The standard InChI is InChI=1S/C20H23ClF3N5O3/c21-15-6-5-7-17(29(31)32)14(15)13-28(11-10-27-8-3-1-2-4-9-27)19(30)16-12-18(26-25-16)20(22,23)24/h5-7,12H,1-4,8-11,13H2,(H,25,26). The van der Waals surface area contributed by atoms with Gasteiger partial charge in [0, 0.05) is 25.2 Å². The summed E-state index contributed by atoms with van der Waals surface area (Å²) in [5.74, 6) is -0.763. The molecule has 1 aliphatic rings. The van der Waals surface area contributed by atoms with E-state index >= 15 is 0 Å². The molecule has 3 rings (SSSR count). The van der Waals surface area contributed by atoms with Crippen molar-refractivity contribution < 1.29 is 22.9 Å². The molecule has 1 N–H and O–H groups in total. The Hall–Kier alpha value is -2.66. The van der Waals surface area contributed by atoms with Crippen LogP contribution in [0.4, 0.5) is 18.9 Å². The van der Waals surface area contributed by atoms with Crippen LogP contribution < -0.4 is 0 Å². The molecule has 2 heterocycles. The van der Waals surface area contributed by atoms with Crippen molar-refractivity contribution in [3.63, 3.8) is 0 Å². The predicted octanol–water partition coefficient (Wildman–Crippen LogP) is 4.51. The number of amides is 1. The highest BCUT2D eigenvalue weighted by Gasteiger charge is 2.34. The summed E-state index contributed by atoms with van der Waals surface area (Å²) in [6.07, 6.45) is -0.378. The smallest absolute Gasteiger partial charge is 0.331 e. The van der Waals surface area contributed by atoms with E-state index in [0.717, 1.165) is 38.8 Å². The summed E-state index contributed by atoms with van der Waals surface area (Å²) in [4.78, 5) is 27.4. The Balaban J connectivity index is 1.86. The number of carbonyl (C=O) groups is 1. The quantitative estimate of drug-likeness (QED) is 0.471. The second-order valence-electron chi connectivity index (χ2n) is 7.64. The number of nitrogens with zero attached hydrogens (tertiary/aromatic N) is 4. The highest BCUT2D eigenvalue weighted by atomic mass is 35.5. The molecule has 0 aliphatic carbocycles. The monoisotopic (exact) mass is 473 g/mol. The molecule has 1 aromatic carbocycles. The summed E-state index contributed by atoms with van der Waals surface area (Å²) in [5, 5.41) is 16.9. The van der Waals surface area contributed by atoms with Crippen molar-refractivity contribution in [2.75, 3.05) is 26.2 Å². The summed E-state index contributed by atoms with van der Waals surface area (Å²) >= 11 is 6.18. The molecule has 1 aliphatic heterocycles. The van der Waals surface area contributed by atoms with Crippen LogP contribution in [0.3, 0.4) is 0 Å². The van der Waals surface area contributed by atoms with Crippen molar-refractivity contribution in [3.05, 3.63) is 56.4 Å². The van der Waals surface area contributed by atoms with Crippen molar-refractivity contribution in [2.24, 2.45) is 0 Å². The van der Waals surface area contributed by atoms with Gasteiger partial charge in [-0.3, -0.25) is 20.0 Å². The number of nitro benzene ring substituents is 1. The van der Waals surface area contributed by atoms with Gasteiger partial charge in [-0.25, -0.2) is 0 Å². The van der Waals surface area contributed by atoms with Gasteiger partial charge < -0.3 is 9.80 Å². The Morgan fingerprint density at radius 1 is 1.25 bits per heavy atom. The minimum atomic E-state index is -4.68. The number of H-pyrrole nitrogens is 1. The number of hydrogen-bond acceptors (Lipinski definition) is 5. The van der Waals surface area contributed by atoms with E-state index in [-0.39, 0.29) is 29.4 Å². The number of aromatic amines is 1. The van der Waals surface area contributed by atoms with E-state index in [9.17, 15) is 28.1 Å². The first-order chi connectivity index (χ1) is 15.2. The summed E-state index contributed by atoms with van der Waals surface area (Å²) in [6, 6.07) is 4.81. The summed E-state index contributed by atoms with van der Waals surface area (Å²) in [6.45, 7) is 2.14. The van der Waals surface area contributed by atoms with Gasteiger partial charge in [0.1, 0.15) is 5.69 Å². The maximum absolute atomic E-state index is 13.1. The van der Waals surface area contributed by atoms with Crippen molar-refractivity contribution in [1.29, 1.82) is 0 Å². The van der Waals surface area contributed by atoms with E-state index in [1.807, 2.05) is 5.10 Å². The Morgan fingerprint density at radius 2 is 1.94 bits per heavy atom. The van der Waals surface area contributed by atoms with Crippen LogP contribution in [0.25, 0.3) is 0 Å². The van der Waals surface area contributed by atoms with Gasteiger partial charge >= 0.3 is 6.18 Å². The number of rotatable bonds is 7. The molecule has 0 unspecified atom stereocenters. The normalized spacial score (nSPS) is 15.4. The van der Waals surface area contributed by atoms with E-state index in [2.05, 4.69) is 10.00 Å². The van der Waals surface area contributed by atoms with Crippen molar-refractivity contribution in [3.8, 4) is 0 Å². The van der Waals surface area contributed by atoms with Crippen molar-refractivity contribution in [2.45, 2.75) is 38.4 Å². The van der Waals surface area contributed by atoms with E-state index in [0.29, 0.717) is 12.6 Å². The third-order valence-electron chi connectivity index (χ3n) is 5.41. The fourth-order valence-electron chi connectivity index (χ4n) is 3.68. The molecule has 8 nitrogen and oxygen atoms in total. The molecule has 0 radical (unpaired) electrons. The van der Waals surface area contributed by atoms with Gasteiger partial charge in [-0.1, -0.05) is 30.5 Å². The lowest BCUT2D eigenvalue weighted by Crippen LogP contribution is -2.39. The maximum atomic E-state index is 13.1. The van der Waals surface area contributed by atoms with Crippen LogP contribution in [-0.2, 0) is 12.7 Å². The minimum absolute atomic E-state index is 0.102. The number of nitrogens with one attached hydrogen (secondary N) is 1. The lowest BCUT2D eigenvalue weighted by Gasteiger charge is -2.27. The first-order valence-corrected chi connectivity index (χ1v) is 10.6. The van der Waals surface area contributed by atoms with E-state index in [4.69, 9.17) is 11.6 Å². The molecule has 0 bridgehead atoms. The van der Waals surface area contributed by atoms with Crippen molar-refractivity contribution in [1.82, 2.24) is 20.0 Å². The SMILES string of the molecule is O=C(c1cc(C(F)(F)F)[nH]n1)N(CCN1CCCCCC1)Cc1c(Cl)cccc1[N+](=O)[O-]. The maximum Gasteiger partial charge on any atom is 0.432 e. The van der Waals surface area contributed by atoms with Crippen LogP contribution >= 0.6 is 11.6 Å². The molecule has 32 heavy (non-hydrogen) atoms. The molecule has 1 fully saturated rings. The first-order valence-electron chi connectivity index (χ1n) is 10.2. The number of likely N-dealkylation sites (tertiary alicyclic amines) is 1. The molecule has 1 amide bonds. The number of nitro groups is 1. The van der Waals surface area contributed by atoms with Gasteiger partial charge in [0.25, 0.3) is 11.6 Å². The summed E-state index contributed by atoms with van der Waals surface area (Å²) in [5.41, 5.74) is -1.70. The van der Waals surface area contributed by atoms with Gasteiger partial charge in [-0.05, 0) is 32.0 Å². The molecule has 0 atom stereocenters. The molecular formula is C20H23ClF3N5O3. The molecule has 0 saturated carbocycles. The largest absolute Gasteiger partial charge is 0.432 e. The fourth-order valence-corrected chi connectivity index (χ4v) is 3.91. The third kappa shape index (κ3) is 5.98. The topological polar surface area (TPSA) is 95.4 Å². The van der Waals surface area contributed by atoms with Crippen LogP contribution in [0, 0.1) is 10.1 Å². The zero-order valence-electron chi connectivity index (χ0n) is 17.2. The van der Waals surface area contributed by atoms with Gasteiger partial charge in [0.05, 0.1) is 22.1 Å². The first kappa shape index (κ1) is 24.0. The Morgan fingerprint density at radius 3 is 2.53 bits per heavy atom. The highest BCUT2D eigenvalue weighted by molar-refractivity contribution is 6.31. The van der Waals surface area contributed by atoms with Crippen LogP contribution in [-0.4, -0.2) is 57.0 Å². The third-order valence-corrected chi connectivity index (χ3v) is 5.77. The number of halogens is 4. The van der Waals surface area contributed by atoms with E-state index in [1.54, 1.807) is 0 Å². The highest BCUT2D eigenvalue weighted by Crippen LogP contribution is 2.30. The molecule has 12 heteroatoms. The van der Waals surface area contributed by atoms with Crippen LogP contribution in [0.2, 0.25) is 5.02 Å². The van der Waals surface area contributed by atoms with Gasteiger partial charge in [0.2, 0.25) is 0 Å². The molecular weight excluding hydrogens is 451 g/mol. The average Bonchev–Trinajstić information content (AvgIpc) is 3.10. The molecule has 2 aromatic rings. The van der Waals surface area contributed by atoms with Crippen LogP contribution in [0.1, 0.15) is 47.4 Å². The predicted molar refractivity (Wildman–Crippen MR) is 111 cm³/mol. The lowest BCUT2D eigenvalue weighted by molar-refractivity contribution is -0.385. The zero-order chi connectivity index (χ0) is 23.3. The lowest BCUT2D eigenvalue weighted by atomic mass is 10.1. The molecule has 1 saturated heterocycles. The Labute approximate surface area is 187 Å². The zero-order valence-corrected chi connectivity index (χ0v) is 18.0. The Bertz CT molecular complexity index is 958. The van der Waals surface area contributed by atoms with E-state index < -0.39 is 28.4 Å². The van der Waals surface area contributed by atoms with Gasteiger partial charge in [-0.15, -0.1) is 0 Å². The van der Waals surface area contributed by atoms with Gasteiger partial charge in [0.15, 0.2) is 5.69 Å². The number of alkyl halides is 3. The number of benzene rings is 1. The second kappa shape index (κ2) is 10.3. The van der Waals surface area contributed by atoms with E-state index in [1.165, 1.54) is 23.1 Å². The molecule has 0 spiro atoms. The second-order valence-corrected chi connectivity index (χ2v) is 8.05. The number of hydrogen-bond donors (Lipinski definition) is 1. The molecule has 1 aromatic heterocycles. The minimum Gasteiger partial charge on any atom is -0.331 e. The van der Waals surface area contributed by atoms with Crippen molar-refractivity contribution >= 4 is 23.2 Å². The molecule has 174 valence electrons. The fraction of sp³-hybridized carbons (Fsp3) is 0.500. The number of carbonyl (C=O) groups excluding carboxylic acids is 1.